The van der Waals surface area contributed by atoms with Crippen molar-refractivity contribution < 1.29 is 0 Å². The molecule has 2 aliphatic heterocycles. The van der Waals surface area contributed by atoms with Crippen molar-refractivity contribution in [2.45, 2.75) is 47.3 Å². The van der Waals surface area contributed by atoms with Gasteiger partial charge in [-0.2, -0.15) is 0 Å². The highest BCUT2D eigenvalue weighted by molar-refractivity contribution is 8.00. The normalized spacial score (nSPS) is 13.2. The van der Waals surface area contributed by atoms with E-state index in [1.165, 1.54) is 87.1 Å². The molecule has 214 valence electrons. The van der Waals surface area contributed by atoms with Crippen LogP contribution in [0.3, 0.4) is 0 Å². The quantitative estimate of drug-likeness (QED) is 0.198. The zero-order valence-electron chi connectivity index (χ0n) is 25.3. The van der Waals surface area contributed by atoms with Gasteiger partial charge in [0.2, 0.25) is 0 Å². The number of benzene rings is 6. The largest absolute Gasteiger partial charge is 0.308 e. The predicted octanol–water partition coefficient (Wildman–Crippen LogP) is 12.5. The summed E-state index contributed by atoms with van der Waals surface area (Å²) < 4.78 is 0. The van der Waals surface area contributed by atoms with Gasteiger partial charge < -0.3 is 9.80 Å². The molecule has 0 saturated carbocycles. The van der Waals surface area contributed by atoms with Crippen molar-refractivity contribution in [1.82, 2.24) is 0 Å². The summed E-state index contributed by atoms with van der Waals surface area (Å²) in [5.74, 6) is 0. The summed E-state index contributed by atoms with van der Waals surface area (Å²) in [4.78, 5) is 10.0. The zero-order chi connectivity index (χ0) is 29.9. The third-order valence-corrected chi connectivity index (χ3v) is 11.0. The van der Waals surface area contributed by atoms with Crippen LogP contribution in [-0.2, 0) is 0 Å². The van der Waals surface area contributed by atoms with E-state index >= 15 is 0 Å². The average Bonchev–Trinajstić information content (AvgIpc) is 3.04. The third kappa shape index (κ3) is 4.36. The van der Waals surface area contributed by atoms with Crippen LogP contribution in [0.4, 0.5) is 34.1 Å². The second kappa shape index (κ2) is 10.7. The van der Waals surface area contributed by atoms with E-state index in [9.17, 15) is 0 Å². The minimum absolute atomic E-state index is 1.23. The van der Waals surface area contributed by atoms with E-state index in [4.69, 9.17) is 0 Å². The molecule has 2 nitrogen and oxygen atoms in total. The lowest BCUT2D eigenvalue weighted by Crippen LogP contribution is -2.16. The first kappa shape index (κ1) is 27.2. The lowest BCUT2D eigenvalue weighted by atomic mass is 9.91. The van der Waals surface area contributed by atoms with Gasteiger partial charge in [-0.3, -0.25) is 0 Å². The highest BCUT2D eigenvalue weighted by Crippen LogP contribution is 2.54. The molecule has 0 unspecified atom stereocenters. The summed E-state index contributed by atoms with van der Waals surface area (Å²) >= 11 is 3.70. The highest BCUT2D eigenvalue weighted by atomic mass is 32.2. The summed E-state index contributed by atoms with van der Waals surface area (Å²) in [6.07, 6.45) is 0. The number of fused-ring (bicyclic) bond motifs is 4. The molecule has 0 amide bonds. The van der Waals surface area contributed by atoms with Crippen LogP contribution in [0.25, 0.3) is 11.1 Å². The maximum Gasteiger partial charge on any atom is 0.0601 e. The van der Waals surface area contributed by atoms with Crippen molar-refractivity contribution >= 4 is 57.6 Å². The van der Waals surface area contributed by atoms with E-state index in [1.807, 2.05) is 23.5 Å². The van der Waals surface area contributed by atoms with E-state index in [2.05, 4.69) is 159 Å². The van der Waals surface area contributed by atoms with Gasteiger partial charge in [-0.05, 0) is 134 Å². The summed E-state index contributed by atoms with van der Waals surface area (Å²) in [7, 11) is 0. The molecule has 0 atom stereocenters. The molecule has 0 fully saturated rings. The Kier molecular flexibility index (Phi) is 6.58. The molecule has 8 rings (SSSR count). The van der Waals surface area contributed by atoms with Crippen molar-refractivity contribution in [2.24, 2.45) is 0 Å². The number of hydrogen-bond donors (Lipinski definition) is 0. The Morgan fingerprint density at radius 2 is 0.636 bits per heavy atom. The smallest absolute Gasteiger partial charge is 0.0601 e. The van der Waals surface area contributed by atoms with Gasteiger partial charge in [0, 0.05) is 31.0 Å². The van der Waals surface area contributed by atoms with E-state index in [0.29, 0.717) is 0 Å². The molecule has 0 aromatic heterocycles. The Labute approximate surface area is 268 Å². The Morgan fingerprint density at radius 1 is 0.341 bits per heavy atom. The number of nitrogens with zero attached hydrogens (tertiary/aromatic N) is 2. The standard InChI is InChI=1S/C40H32N2S2/c1-25-23-35(41-31-13-5-9-17-37(31)43-38-18-10-6-14-32(38)41)27(3)21-29(25)30-22-28(4)36(24-26(30)2)42-33-15-7-11-19-39(33)44-40-20-12-8-16-34(40)42/h5-24H,1-4H3. The molecular formula is C40H32N2S2. The molecular weight excluding hydrogens is 573 g/mol. The molecule has 2 heterocycles. The molecule has 0 N–H and O–H groups in total. The molecule has 6 aromatic rings. The molecule has 2 aliphatic rings. The maximum absolute atomic E-state index is 2.44. The van der Waals surface area contributed by atoms with Crippen molar-refractivity contribution in [2.75, 3.05) is 9.80 Å². The fraction of sp³-hybridized carbons (Fsp3) is 0.100. The van der Waals surface area contributed by atoms with E-state index in [-0.39, 0.29) is 0 Å². The first-order valence-electron chi connectivity index (χ1n) is 15.0. The van der Waals surface area contributed by atoms with Crippen LogP contribution in [0, 0.1) is 27.7 Å². The Balaban J connectivity index is 1.24. The Hall–Kier alpha value is -4.38. The molecule has 0 spiro atoms. The van der Waals surface area contributed by atoms with Crippen LogP contribution < -0.4 is 9.80 Å². The highest BCUT2D eigenvalue weighted by Gasteiger charge is 2.28. The number of rotatable bonds is 3. The Morgan fingerprint density at radius 3 is 0.955 bits per heavy atom. The first-order chi connectivity index (χ1) is 21.5. The van der Waals surface area contributed by atoms with Crippen molar-refractivity contribution in [1.29, 1.82) is 0 Å². The maximum atomic E-state index is 2.44. The van der Waals surface area contributed by atoms with Gasteiger partial charge in [0.1, 0.15) is 0 Å². The van der Waals surface area contributed by atoms with Crippen molar-refractivity contribution in [3.05, 3.63) is 144 Å². The lowest BCUT2D eigenvalue weighted by Gasteiger charge is -2.35. The fourth-order valence-electron chi connectivity index (χ4n) is 6.59. The van der Waals surface area contributed by atoms with Gasteiger partial charge in [0.15, 0.2) is 0 Å². The minimum atomic E-state index is 1.23. The topological polar surface area (TPSA) is 6.48 Å². The van der Waals surface area contributed by atoms with E-state index in [0.717, 1.165) is 0 Å². The average molecular weight is 605 g/mol. The zero-order valence-corrected chi connectivity index (χ0v) is 26.9. The molecule has 0 saturated heterocycles. The second-order valence-corrected chi connectivity index (χ2v) is 13.8. The number of aryl methyl sites for hydroxylation is 4. The number of para-hydroxylation sites is 4. The van der Waals surface area contributed by atoms with Gasteiger partial charge in [-0.1, -0.05) is 72.1 Å². The summed E-state index contributed by atoms with van der Waals surface area (Å²) in [6.45, 7) is 9.01. The molecule has 6 aromatic carbocycles. The summed E-state index contributed by atoms with van der Waals surface area (Å²) in [5.41, 5.74) is 15.1. The van der Waals surface area contributed by atoms with Gasteiger partial charge in [-0.15, -0.1) is 0 Å². The SMILES string of the molecule is Cc1cc(N2c3ccccc3Sc3ccccc32)c(C)cc1-c1cc(C)c(N2c3ccccc3Sc3ccccc32)cc1C. The van der Waals surface area contributed by atoms with Crippen LogP contribution in [0.2, 0.25) is 0 Å². The summed E-state index contributed by atoms with van der Waals surface area (Å²) in [5, 5.41) is 0. The van der Waals surface area contributed by atoms with Gasteiger partial charge in [0.25, 0.3) is 0 Å². The second-order valence-electron chi connectivity index (χ2n) is 11.7. The fourth-order valence-corrected chi connectivity index (χ4v) is 8.71. The molecule has 0 radical (unpaired) electrons. The predicted molar refractivity (Wildman–Crippen MR) is 188 cm³/mol. The molecule has 0 bridgehead atoms. The minimum Gasteiger partial charge on any atom is -0.308 e. The number of hydrogen-bond acceptors (Lipinski definition) is 4. The third-order valence-electron chi connectivity index (χ3n) is 8.72. The molecule has 44 heavy (non-hydrogen) atoms. The van der Waals surface area contributed by atoms with Crippen LogP contribution in [0.15, 0.2) is 141 Å². The monoisotopic (exact) mass is 604 g/mol. The molecule has 0 aliphatic carbocycles. The van der Waals surface area contributed by atoms with Gasteiger partial charge in [0.05, 0.1) is 22.7 Å². The van der Waals surface area contributed by atoms with Crippen LogP contribution in [-0.4, -0.2) is 0 Å². The lowest BCUT2D eigenvalue weighted by molar-refractivity contribution is 1.14. The Bertz CT molecular complexity index is 1860. The first-order valence-corrected chi connectivity index (χ1v) is 16.7. The molecule has 4 heteroatoms. The van der Waals surface area contributed by atoms with Gasteiger partial charge in [-0.25, -0.2) is 0 Å². The van der Waals surface area contributed by atoms with Crippen molar-refractivity contribution in [3.8, 4) is 11.1 Å². The van der Waals surface area contributed by atoms with E-state index < -0.39 is 0 Å². The van der Waals surface area contributed by atoms with E-state index in [1.54, 1.807) is 0 Å². The number of anilines is 6. The summed E-state index contributed by atoms with van der Waals surface area (Å²) in [6, 6.07) is 44.5. The van der Waals surface area contributed by atoms with Gasteiger partial charge >= 0.3 is 0 Å². The van der Waals surface area contributed by atoms with Crippen LogP contribution in [0.5, 0.6) is 0 Å². The van der Waals surface area contributed by atoms with Crippen molar-refractivity contribution in [3.63, 3.8) is 0 Å². The van der Waals surface area contributed by atoms with Crippen LogP contribution >= 0.6 is 23.5 Å². The van der Waals surface area contributed by atoms with Crippen LogP contribution in [0.1, 0.15) is 22.3 Å².